The quantitative estimate of drug-likeness (QED) is 0.830. The number of aromatic nitrogens is 1. The van der Waals surface area contributed by atoms with Crippen LogP contribution in [-0.4, -0.2) is 34.5 Å². The molecule has 7 heteroatoms. The van der Waals surface area contributed by atoms with Crippen molar-refractivity contribution < 1.29 is 14.3 Å². The Balaban J connectivity index is 2.07. The minimum Gasteiger partial charge on any atom is -0.444 e. The summed E-state index contributed by atoms with van der Waals surface area (Å²) in [6, 6.07) is 5.18. The van der Waals surface area contributed by atoms with Gasteiger partial charge in [0.25, 0.3) is 0 Å². The third-order valence-corrected chi connectivity index (χ3v) is 3.98. The average Bonchev–Trinajstić information content (AvgIpc) is 2.78. The predicted octanol–water partition coefficient (Wildman–Crippen LogP) is 3.18. The van der Waals surface area contributed by atoms with Crippen LogP contribution in [0.25, 0.3) is 0 Å². The number of nitrogens with zero attached hydrogens (tertiary/aromatic N) is 2. The van der Waals surface area contributed by atoms with Crippen LogP contribution >= 0.6 is 15.9 Å². The third kappa shape index (κ3) is 4.43. The highest BCUT2D eigenvalue weighted by Crippen LogP contribution is 2.25. The van der Waals surface area contributed by atoms with E-state index in [1.807, 2.05) is 0 Å². The Morgan fingerprint density at radius 3 is 2.82 bits per heavy atom. The molecule has 2 amide bonds. The van der Waals surface area contributed by atoms with Gasteiger partial charge in [-0.2, -0.15) is 0 Å². The molecule has 2 heterocycles. The molecule has 0 bridgehead atoms. The maximum Gasteiger partial charge on any atom is 0.413 e. The molecule has 2 rings (SSSR count). The summed E-state index contributed by atoms with van der Waals surface area (Å²) in [4.78, 5) is 29.7. The first-order chi connectivity index (χ1) is 10.3. The normalized spacial score (nSPS) is 18.5. The first-order valence-electron chi connectivity index (χ1n) is 7.12. The van der Waals surface area contributed by atoms with E-state index >= 15 is 0 Å². The molecule has 1 fully saturated rings. The fourth-order valence-electron chi connectivity index (χ4n) is 2.16. The van der Waals surface area contributed by atoms with Gasteiger partial charge < -0.3 is 4.74 Å². The highest BCUT2D eigenvalue weighted by molar-refractivity contribution is 9.09. The first kappa shape index (κ1) is 16.7. The average molecular weight is 370 g/mol. The lowest BCUT2D eigenvalue weighted by Gasteiger charge is -2.20. The molecular formula is C15H20BrN3O3. The molecule has 1 aliphatic rings. The molecule has 1 saturated heterocycles. The smallest absolute Gasteiger partial charge is 0.413 e. The summed E-state index contributed by atoms with van der Waals surface area (Å²) in [7, 11) is 0. The third-order valence-electron chi connectivity index (χ3n) is 3.06. The van der Waals surface area contributed by atoms with Crippen molar-refractivity contribution in [2.24, 2.45) is 5.92 Å². The first-order valence-corrected chi connectivity index (χ1v) is 8.24. The number of anilines is 2. The molecule has 1 aliphatic heterocycles. The van der Waals surface area contributed by atoms with Gasteiger partial charge in [0.05, 0.1) is 0 Å². The van der Waals surface area contributed by atoms with E-state index in [-0.39, 0.29) is 11.8 Å². The SMILES string of the molecule is CC(C)(C)OC(=O)Nc1cccc(N2CC(CBr)CC2=O)n1. The van der Waals surface area contributed by atoms with Crippen LogP contribution in [0.1, 0.15) is 27.2 Å². The minimum absolute atomic E-state index is 0.0476. The molecule has 120 valence electrons. The van der Waals surface area contributed by atoms with E-state index in [2.05, 4.69) is 26.2 Å². The Morgan fingerprint density at radius 2 is 2.23 bits per heavy atom. The number of halogens is 1. The van der Waals surface area contributed by atoms with Gasteiger partial charge >= 0.3 is 6.09 Å². The number of hydrogen-bond acceptors (Lipinski definition) is 4. The number of carbonyl (C=O) groups is 2. The van der Waals surface area contributed by atoms with Crippen molar-refractivity contribution >= 4 is 39.6 Å². The van der Waals surface area contributed by atoms with E-state index in [4.69, 9.17) is 4.74 Å². The van der Waals surface area contributed by atoms with Crippen molar-refractivity contribution in [2.45, 2.75) is 32.8 Å². The van der Waals surface area contributed by atoms with E-state index in [0.717, 1.165) is 5.33 Å². The van der Waals surface area contributed by atoms with Gasteiger partial charge in [-0.25, -0.2) is 9.78 Å². The minimum atomic E-state index is -0.574. The molecule has 1 unspecified atom stereocenters. The zero-order valence-corrected chi connectivity index (χ0v) is 14.5. The summed E-state index contributed by atoms with van der Waals surface area (Å²) >= 11 is 3.41. The van der Waals surface area contributed by atoms with Gasteiger partial charge in [0.15, 0.2) is 0 Å². The Bertz CT molecular complexity index is 571. The van der Waals surface area contributed by atoms with Crippen LogP contribution in [0.15, 0.2) is 18.2 Å². The van der Waals surface area contributed by atoms with Crippen LogP contribution in [0.2, 0.25) is 0 Å². The molecule has 0 radical (unpaired) electrons. The highest BCUT2D eigenvalue weighted by atomic mass is 79.9. The number of ether oxygens (including phenoxy) is 1. The summed E-state index contributed by atoms with van der Waals surface area (Å²) < 4.78 is 5.19. The van der Waals surface area contributed by atoms with Crippen LogP contribution in [0.3, 0.4) is 0 Å². The second-order valence-corrected chi connectivity index (χ2v) is 6.88. The van der Waals surface area contributed by atoms with E-state index in [1.165, 1.54) is 0 Å². The van der Waals surface area contributed by atoms with Gasteiger partial charge in [-0.15, -0.1) is 0 Å². The maximum atomic E-state index is 12.0. The molecule has 0 spiro atoms. The maximum absolute atomic E-state index is 12.0. The van der Waals surface area contributed by atoms with E-state index in [9.17, 15) is 9.59 Å². The Morgan fingerprint density at radius 1 is 1.50 bits per heavy atom. The molecule has 0 saturated carbocycles. The lowest BCUT2D eigenvalue weighted by atomic mass is 10.2. The lowest BCUT2D eigenvalue weighted by molar-refractivity contribution is -0.117. The topological polar surface area (TPSA) is 71.5 Å². The van der Waals surface area contributed by atoms with Gasteiger partial charge in [0, 0.05) is 18.3 Å². The van der Waals surface area contributed by atoms with Crippen LogP contribution in [0, 0.1) is 5.92 Å². The molecule has 22 heavy (non-hydrogen) atoms. The van der Waals surface area contributed by atoms with Crippen molar-refractivity contribution in [1.82, 2.24) is 4.98 Å². The fourth-order valence-corrected chi connectivity index (χ4v) is 2.59. The van der Waals surface area contributed by atoms with E-state index < -0.39 is 11.7 Å². The number of pyridine rings is 1. The van der Waals surface area contributed by atoms with Crippen molar-refractivity contribution in [3.05, 3.63) is 18.2 Å². The monoisotopic (exact) mass is 369 g/mol. The van der Waals surface area contributed by atoms with Crippen molar-refractivity contribution in [3.8, 4) is 0 Å². The fraction of sp³-hybridized carbons (Fsp3) is 0.533. The largest absolute Gasteiger partial charge is 0.444 e. The number of alkyl halides is 1. The van der Waals surface area contributed by atoms with Crippen molar-refractivity contribution in [2.75, 3.05) is 22.1 Å². The van der Waals surface area contributed by atoms with Gasteiger partial charge in [-0.1, -0.05) is 22.0 Å². The lowest BCUT2D eigenvalue weighted by Crippen LogP contribution is -2.28. The molecule has 1 atom stereocenters. The summed E-state index contributed by atoms with van der Waals surface area (Å²) in [6.45, 7) is 6.01. The highest BCUT2D eigenvalue weighted by Gasteiger charge is 2.30. The van der Waals surface area contributed by atoms with Crippen LogP contribution in [-0.2, 0) is 9.53 Å². The van der Waals surface area contributed by atoms with Gasteiger partial charge in [0.2, 0.25) is 5.91 Å². The van der Waals surface area contributed by atoms with E-state index in [1.54, 1.807) is 43.9 Å². The molecule has 0 aromatic carbocycles. The van der Waals surface area contributed by atoms with Gasteiger partial charge in [0.1, 0.15) is 17.2 Å². The number of nitrogens with one attached hydrogen (secondary N) is 1. The summed E-state index contributed by atoms with van der Waals surface area (Å²) in [5.74, 6) is 1.24. The Labute approximate surface area is 138 Å². The number of hydrogen-bond donors (Lipinski definition) is 1. The number of amides is 2. The second-order valence-electron chi connectivity index (χ2n) is 6.24. The predicted molar refractivity (Wildman–Crippen MR) is 88.3 cm³/mol. The molecule has 1 aromatic heterocycles. The molecule has 1 N–H and O–H groups in total. The second kappa shape index (κ2) is 6.64. The molecule has 0 aliphatic carbocycles. The summed E-state index contributed by atoms with van der Waals surface area (Å²) in [5, 5.41) is 3.37. The van der Waals surface area contributed by atoms with E-state index in [0.29, 0.717) is 24.6 Å². The van der Waals surface area contributed by atoms with Crippen molar-refractivity contribution in [3.63, 3.8) is 0 Å². The Hall–Kier alpha value is -1.63. The van der Waals surface area contributed by atoms with Gasteiger partial charge in [-0.3, -0.25) is 15.0 Å². The number of rotatable bonds is 3. The van der Waals surface area contributed by atoms with Gasteiger partial charge in [-0.05, 0) is 38.8 Å². The zero-order chi connectivity index (χ0) is 16.3. The molecule has 6 nitrogen and oxygen atoms in total. The zero-order valence-electron chi connectivity index (χ0n) is 12.9. The van der Waals surface area contributed by atoms with Crippen LogP contribution in [0.5, 0.6) is 0 Å². The van der Waals surface area contributed by atoms with Crippen LogP contribution in [0.4, 0.5) is 16.4 Å². The standard InChI is InChI=1S/C15H20BrN3O3/c1-15(2,3)22-14(21)18-11-5-4-6-12(17-11)19-9-10(8-16)7-13(19)20/h4-6,10H,7-9H2,1-3H3,(H,17,18,21). The van der Waals surface area contributed by atoms with Crippen LogP contribution < -0.4 is 10.2 Å². The number of carbonyl (C=O) groups excluding carboxylic acids is 2. The Kier molecular flexibility index (Phi) is 5.05. The summed E-state index contributed by atoms with van der Waals surface area (Å²) in [5.41, 5.74) is -0.574. The molecule has 1 aromatic rings. The molecular weight excluding hydrogens is 350 g/mol. The summed E-state index contributed by atoms with van der Waals surface area (Å²) in [6.07, 6.45) is -0.0559. The van der Waals surface area contributed by atoms with Crippen molar-refractivity contribution in [1.29, 1.82) is 0 Å².